The van der Waals surface area contributed by atoms with E-state index >= 15 is 0 Å². The Bertz CT molecular complexity index is 582. The zero-order valence-corrected chi connectivity index (χ0v) is 12.7. The summed E-state index contributed by atoms with van der Waals surface area (Å²) in [6.07, 6.45) is 3.91. The van der Waals surface area contributed by atoms with E-state index in [1.165, 1.54) is 12.8 Å². The van der Waals surface area contributed by atoms with Crippen molar-refractivity contribution in [2.75, 3.05) is 26.3 Å². The lowest BCUT2D eigenvalue weighted by Gasteiger charge is -2.49. The number of pyridine rings is 1. The van der Waals surface area contributed by atoms with Crippen molar-refractivity contribution >= 4 is 5.91 Å². The van der Waals surface area contributed by atoms with E-state index < -0.39 is 0 Å². The molecule has 6 nitrogen and oxygen atoms in total. The van der Waals surface area contributed by atoms with Crippen LogP contribution in [0.2, 0.25) is 0 Å². The summed E-state index contributed by atoms with van der Waals surface area (Å²) < 4.78 is 11.0. The molecular formula is C16H21N3O3. The summed E-state index contributed by atoms with van der Waals surface area (Å²) in [6.45, 7) is 5.54. The Morgan fingerprint density at radius 1 is 1.27 bits per heavy atom. The third-order valence-electron chi connectivity index (χ3n) is 5.14. The van der Waals surface area contributed by atoms with Gasteiger partial charge in [0.05, 0.1) is 6.20 Å². The van der Waals surface area contributed by atoms with Crippen LogP contribution in [0.15, 0.2) is 12.3 Å². The molecule has 0 aliphatic carbocycles. The Balaban J connectivity index is 1.50. The van der Waals surface area contributed by atoms with Crippen molar-refractivity contribution in [1.29, 1.82) is 0 Å². The molecule has 0 aromatic carbocycles. The number of ether oxygens (including phenoxy) is 2. The average molecular weight is 303 g/mol. The third-order valence-corrected chi connectivity index (χ3v) is 5.14. The maximum atomic E-state index is 12.5. The molecule has 118 valence electrons. The molecule has 2 unspecified atom stereocenters. The molecule has 0 saturated carbocycles. The van der Waals surface area contributed by atoms with Crippen LogP contribution in [0.25, 0.3) is 0 Å². The fourth-order valence-electron chi connectivity index (χ4n) is 3.84. The van der Waals surface area contributed by atoms with Crippen LogP contribution in [0.4, 0.5) is 0 Å². The van der Waals surface area contributed by atoms with E-state index in [0.29, 0.717) is 42.4 Å². The first-order valence-corrected chi connectivity index (χ1v) is 8.03. The summed E-state index contributed by atoms with van der Waals surface area (Å²) in [5.41, 5.74) is 0.396. The minimum Gasteiger partial charge on any atom is -0.486 e. The van der Waals surface area contributed by atoms with Crippen LogP contribution >= 0.6 is 0 Å². The number of hydrogen-bond donors (Lipinski definition) is 1. The van der Waals surface area contributed by atoms with Crippen LogP contribution in [0.5, 0.6) is 11.5 Å². The molecule has 5 rings (SSSR count). The Morgan fingerprint density at radius 3 is 2.73 bits per heavy atom. The van der Waals surface area contributed by atoms with Gasteiger partial charge in [0.25, 0.3) is 5.91 Å². The highest BCUT2D eigenvalue weighted by Gasteiger charge is 2.40. The molecular weight excluding hydrogens is 282 g/mol. The maximum absolute atomic E-state index is 12.5. The zero-order chi connectivity index (χ0) is 15.1. The van der Waals surface area contributed by atoms with Crippen LogP contribution in [0.3, 0.4) is 0 Å². The van der Waals surface area contributed by atoms with Crippen LogP contribution in [0, 0.1) is 5.92 Å². The lowest BCUT2D eigenvalue weighted by Crippen LogP contribution is -2.62. The standard InChI is InChI=1S/C16H21N3O3/c1-10-15(11-2-4-19(10)5-3-11)18-16(20)12-8-13-14(9-17-12)22-7-6-21-13/h8-11,15H,2-7H2,1H3,(H,18,20). The number of nitrogens with zero attached hydrogens (tertiary/aromatic N) is 2. The lowest BCUT2D eigenvalue weighted by atomic mass is 9.79. The second-order valence-corrected chi connectivity index (χ2v) is 6.33. The number of rotatable bonds is 2. The summed E-state index contributed by atoms with van der Waals surface area (Å²) in [6, 6.07) is 2.29. The monoisotopic (exact) mass is 303 g/mol. The van der Waals surface area contributed by atoms with Gasteiger partial charge in [-0.1, -0.05) is 0 Å². The smallest absolute Gasteiger partial charge is 0.270 e. The summed E-state index contributed by atoms with van der Waals surface area (Å²) in [4.78, 5) is 19.2. The van der Waals surface area contributed by atoms with Gasteiger partial charge in [0.1, 0.15) is 18.9 Å². The van der Waals surface area contributed by atoms with E-state index in [-0.39, 0.29) is 11.9 Å². The Kier molecular flexibility index (Phi) is 3.41. The molecule has 3 saturated heterocycles. The van der Waals surface area contributed by atoms with Crippen molar-refractivity contribution in [2.24, 2.45) is 5.92 Å². The summed E-state index contributed by atoms with van der Waals surface area (Å²) in [5, 5.41) is 3.18. The van der Waals surface area contributed by atoms with Gasteiger partial charge >= 0.3 is 0 Å². The predicted molar refractivity (Wildman–Crippen MR) is 80.2 cm³/mol. The fourth-order valence-corrected chi connectivity index (χ4v) is 3.84. The fraction of sp³-hybridized carbons (Fsp3) is 0.625. The van der Waals surface area contributed by atoms with E-state index in [1.807, 2.05) is 0 Å². The average Bonchev–Trinajstić information content (AvgIpc) is 2.58. The number of nitrogens with one attached hydrogen (secondary N) is 1. The summed E-state index contributed by atoms with van der Waals surface area (Å²) in [7, 11) is 0. The van der Waals surface area contributed by atoms with Crippen LogP contribution in [0.1, 0.15) is 30.3 Å². The number of piperidine rings is 3. The van der Waals surface area contributed by atoms with Gasteiger partial charge in [-0.05, 0) is 38.8 Å². The van der Waals surface area contributed by atoms with Gasteiger partial charge in [0.2, 0.25) is 0 Å². The van der Waals surface area contributed by atoms with Crippen molar-refractivity contribution in [2.45, 2.75) is 31.8 Å². The van der Waals surface area contributed by atoms with Gasteiger partial charge in [-0.2, -0.15) is 0 Å². The number of carbonyl (C=O) groups is 1. The number of amides is 1. The topological polar surface area (TPSA) is 63.7 Å². The predicted octanol–water partition coefficient (Wildman–Crippen LogP) is 1.07. The van der Waals surface area contributed by atoms with E-state index in [1.54, 1.807) is 12.3 Å². The van der Waals surface area contributed by atoms with Crippen molar-refractivity contribution in [3.63, 3.8) is 0 Å². The van der Waals surface area contributed by atoms with Gasteiger partial charge in [0.15, 0.2) is 11.5 Å². The summed E-state index contributed by atoms with van der Waals surface area (Å²) >= 11 is 0. The lowest BCUT2D eigenvalue weighted by molar-refractivity contribution is 0.0216. The Hall–Kier alpha value is -1.82. The normalized spacial score (nSPS) is 32.6. The van der Waals surface area contributed by atoms with Gasteiger partial charge in [-0.15, -0.1) is 0 Å². The number of aromatic nitrogens is 1. The van der Waals surface area contributed by atoms with E-state index in [4.69, 9.17) is 9.47 Å². The molecule has 1 aromatic rings. The highest BCUT2D eigenvalue weighted by Crippen LogP contribution is 2.33. The minimum atomic E-state index is -0.123. The SMILES string of the molecule is CC1C(NC(=O)c2cc3c(cn2)OCCO3)C2CCN1CC2. The molecule has 4 aliphatic rings. The molecule has 22 heavy (non-hydrogen) atoms. The molecule has 5 heterocycles. The second-order valence-electron chi connectivity index (χ2n) is 6.33. The first-order valence-electron chi connectivity index (χ1n) is 8.03. The van der Waals surface area contributed by atoms with E-state index in [9.17, 15) is 4.79 Å². The number of hydrogen-bond acceptors (Lipinski definition) is 5. The summed E-state index contributed by atoms with van der Waals surface area (Å²) in [5.74, 6) is 1.68. The van der Waals surface area contributed by atoms with Crippen LogP contribution in [-0.4, -0.2) is 54.2 Å². The van der Waals surface area contributed by atoms with Gasteiger partial charge in [0, 0.05) is 18.2 Å². The highest BCUT2D eigenvalue weighted by atomic mass is 16.6. The quantitative estimate of drug-likeness (QED) is 0.885. The highest BCUT2D eigenvalue weighted by molar-refractivity contribution is 5.93. The van der Waals surface area contributed by atoms with Crippen molar-refractivity contribution in [1.82, 2.24) is 15.2 Å². The van der Waals surface area contributed by atoms with Crippen molar-refractivity contribution in [3.8, 4) is 11.5 Å². The molecule has 0 radical (unpaired) electrons. The van der Waals surface area contributed by atoms with Crippen molar-refractivity contribution in [3.05, 3.63) is 18.0 Å². The molecule has 2 atom stereocenters. The maximum Gasteiger partial charge on any atom is 0.270 e. The van der Waals surface area contributed by atoms with Crippen LogP contribution < -0.4 is 14.8 Å². The van der Waals surface area contributed by atoms with Gasteiger partial charge in [-0.3, -0.25) is 9.69 Å². The molecule has 6 heteroatoms. The first kappa shape index (κ1) is 13.8. The van der Waals surface area contributed by atoms with E-state index in [0.717, 1.165) is 13.1 Å². The molecule has 3 fully saturated rings. The molecule has 1 N–H and O–H groups in total. The zero-order valence-electron chi connectivity index (χ0n) is 12.7. The largest absolute Gasteiger partial charge is 0.486 e. The molecule has 4 aliphatic heterocycles. The third kappa shape index (κ3) is 2.31. The number of fused-ring (bicyclic) bond motifs is 4. The number of carbonyl (C=O) groups excluding carboxylic acids is 1. The van der Waals surface area contributed by atoms with E-state index in [2.05, 4.69) is 22.1 Å². The molecule has 1 aromatic heterocycles. The van der Waals surface area contributed by atoms with Gasteiger partial charge in [-0.25, -0.2) is 4.98 Å². The molecule has 1 amide bonds. The Labute approximate surface area is 129 Å². The molecule has 0 spiro atoms. The van der Waals surface area contributed by atoms with Crippen molar-refractivity contribution < 1.29 is 14.3 Å². The van der Waals surface area contributed by atoms with Gasteiger partial charge < -0.3 is 14.8 Å². The minimum absolute atomic E-state index is 0.123. The second kappa shape index (κ2) is 5.43. The Morgan fingerprint density at radius 2 is 2.00 bits per heavy atom. The molecule has 2 bridgehead atoms. The first-order chi connectivity index (χ1) is 10.7. The van der Waals surface area contributed by atoms with Crippen LogP contribution in [-0.2, 0) is 0 Å².